The Balaban J connectivity index is 1.64. The van der Waals surface area contributed by atoms with Gasteiger partial charge in [-0.1, -0.05) is 18.2 Å². The molecule has 150 valence electrons. The van der Waals surface area contributed by atoms with Crippen LogP contribution in [0.1, 0.15) is 25.7 Å². The average Bonchev–Trinajstić information content (AvgIpc) is 2.92. The van der Waals surface area contributed by atoms with E-state index in [1.165, 1.54) is 16.4 Å². The molecule has 2 fully saturated rings. The molecule has 5 nitrogen and oxygen atoms in total. The molecule has 2 unspecified atom stereocenters. The molecular weight excluding hydrogens is 408 g/mol. The number of sulfone groups is 1. The van der Waals surface area contributed by atoms with Crippen molar-refractivity contribution in [3.8, 4) is 0 Å². The normalized spacial score (nSPS) is 25.7. The third-order valence-corrected chi connectivity index (χ3v) is 9.72. The van der Waals surface area contributed by atoms with E-state index in [0.29, 0.717) is 18.9 Å². The number of fused-ring (bicyclic) bond motifs is 2. The van der Waals surface area contributed by atoms with Gasteiger partial charge in [0.25, 0.3) is 0 Å². The van der Waals surface area contributed by atoms with Crippen LogP contribution in [0.4, 0.5) is 8.78 Å². The molecule has 2 saturated heterocycles. The summed E-state index contributed by atoms with van der Waals surface area (Å²) in [7, 11) is -7.69. The van der Waals surface area contributed by atoms with Crippen molar-refractivity contribution in [1.82, 2.24) is 4.31 Å². The zero-order valence-corrected chi connectivity index (χ0v) is 16.5. The van der Waals surface area contributed by atoms with E-state index >= 15 is 0 Å². The molecule has 9 heteroatoms. The van der Waals surface area contributed by atoms with Crippen LogP contribution in [-0.4, -0.2) is 38.5 Å². The predicted octanol–water partition coefficient (Wildman–Crippen LogP) is 3.12. The monoisotopic (exact) mass is 427 g/mol. The van der Waals surface area contributed by atoms with Gasteiger partial charge in [-0.25, -0.2) is 25.6 Å². The molecule has 0 spiro atoms. The minimum absolute atomic E-state index is 0.171. The van der Waals surface area contributed by atoms with Gasteiger partial charge in [-0.05, 0) is 49.9 Å². The van der Waals surface area contributed by atoms with Crippen LogP contribution >= 0.6 is 0 Å². The van der Waals surface area contributed by atoms with Crippen LogP contribution in [0.15, 0.2) is 58.3 Å². The molecule has 0 N–H and O–H groups in total. The lowest BCUT2D eigenvalue weighted by molar-refractivity contribution is 0.249. The average molecular weight is 427 g/mol. The Hall–Kier alpha value is -1.84. The Labute approximate surface area is 163 Å². The van der Waals surface area contributed by atoms with Crippen molar-refractivity contribution < 1.29 is 25.6 Å². The maximum absolute atomic E-state index is 13.5. The topological polar surface area (TPSA) is 71.5 Å². The quantitative estimate of drug-likeness (QED) is 0.752. The number of rotatable bonds is 4. The SMILES string of the molecule is O=S(=O)(c1ccccc1)C1CC2CCC(C1)N2S(=O)(=O)c1cc(F)cc(F)c1. The van der Waals surface area contributed by atoms with Gasteiger partial charge in [-0.2, -0.15) is 4.31 Å². The first kappa shape index (κ1) is 19.5. The van der Waals surface area contributed by atoms with Gasteiger partial charge in [0.05, 0.1) is 15.0 Å². The van der Waals surface area contributed by atoms with Crippen LogP contribution in [0.5, 0.6) is 0 Å². The van der Waals surface area contributed by atoms with Crippen LogP contribution < -0.4 is 0 Å². The minimum Gasteiger partial charge on any atom is -0.223 e. The molecule has 0 aliphatic carbocycles. The molecule has 2 heterocycles. The lowest BCUT2D eigenvalue weighted by Crippen LogP contribution is -2.49. The zero-order chi connectivity index (χ0) is 20.1. The van der Waals surface area contributed by atoms with Crippen LogP contribution in [0.3, 0.4) is 0 Å². The molecule has 0 radical (unpaired) electrons. The van der Waals surface area contributed by atoms with Crippen LogP contribution in [-0.2, 0) is 19.9 Å². The maximum atomic E-state index is 13.5. The summed E-state index contributed by atoms with van der Waals surface area (Å²) in [5, 5.41) is -0.678. The Kier molecular flexibility index (Phi) is 4.79. The van der Waals surface area contributed by atoms with E-state index < -0.39 is 53.7 Å². The van der Waals surface area contributed by atoms with Crippen molar-refractivity contribution >= 4 is 19.9 Å². The van der Waals surface area contributed by atoms with Crippen molar-refractivity contribution in [2.24, 2.45) is 0 Å². The first-order valence-electron chi connectivity index (χ1n) is 8.98. The number of nitrogens with zero attached hydrogens (tertiary/aromatic N) is 1. The molecule has 2 aromatic rings. The van der Waals surface area contributed by atoms with Gasteiger partial charge in [0.1, 0.15) is 11.6 Å². The van der Waals surface area contributed by atoms with Crippen molar-refractivity contribution in [1.29, 1.82) is 0 Å². The van der Waals surface area contributed by atoms with Crippen molar-refractivity contribution in [3.63, 3.8) is 0 Å². The minimum atomic E-state index is -4.12. The lowest BCUT2D eigenvalue weighted by Gasteiger charge is -2.37. The molecule has 2 aliphatic rings. The van der Waals surface area contributed by atoms with Crippen molar-refractivity contribution in [2.45, 2.75) is 52.8 Å². The number of hydrogen-bond acceptors (Lipinski definition) is 4. The smallest absolute Gasteiger partial charge is 0.223 e. The van der Waals surface area contributed by atoms with Gasteiger partial charge in [0.15, 0.2) is 9.84 Å². The fraction of sp³-hybridized carbons (Fsp3) is 0.368. The third kappa shape index (κ3) is 3.25. The highest BCUT2D eigenvalue weighted by atomic mass is 32.2. The summed E-state index contributed by atoms with van der Waals surface area (Å²) >= 11 is 0. The van der Waals surface area contributed by atoms with E-state index in [0.717, 1.165) is 12.1 Å². The van der Waals surface area contributed by atoms with Crippen molar-refractivity contribution in [3.05, 3.63) is 60.2 Å². The summed E-state index contributed by atoms with van der Waals surface area (Å²) in [5.41, 5.74) is 0. The molecule has 0 saturated carbocycles. The lowest BCUT2D eigenvalue weighted by atomic mass is 10.1. The second kappa shape index (κ2) is 6.89. The van der Waals surface area contributed by atoms with E-state index in [1.807, 2.05) is 0 Å². The first-order chi connectivity index (χ1) is 13.2. The summed E-state index contributed by atoms with van der Waals surface area (Å²) in [4.78, 5) is -0.214. The Morgan fingerprint density at radius 1 is 0.786 bits per heavy atom. The van der Waals surface area contributed by atoms with E-state index in [9.17, 15) is 25.6 Å². The second-order valence-corrected chi connectivity index (χ2v) is 11.3. The number of hydrogen-bond donors (Lipinski definition) is 0. The van der Waals surface area contributed by atoms with E-state index in [-0.39, 0.29) is 17.7 Å². The molecule has 2 aliphatic heterocycles. The van der Waals surface area contributed by atoms with E-state index in [2.05, 4.69) is 0 Å². The number of halogens is 2. The highest BCUT2D eigenvalue weighted by molar-refractivity contribution is 7.92. The number of piperidine rings is 1. The first-order valence-corrected chi connectivity index (χ1v) is 12.0. The molecular formula is C19H19F2NO4S2. The summed E-state index contributed by atoms with van der Waals surface area (Å²) < 4.78 is 80.3. The summed E-state index contributed by atoms with van der Waals surface area (Å²) in [6, 6.07) is 9.32. The van der Waals surface area contributed by atoms with Gasteiger partial charge in [0, 0.05) is 18.2 Å². The van der Waals surface area contributed by atoms with Gasteiger partial charge in [-0.3, -0.25) is 0 Å². The number of sulfonamides is 1. The van der Waals surface area contributed by atoms with Gasteiger partial charge < -0.3 is 0 Å². The summed E-state index contributed by atoms with van der Waals surface area (Å²) in [5.74, 6) is -1.93. The van der Waals surface area contributed by atoms with Crippen LogP contribution in [0.25, 0.3) is 0 Å². The second-order valence-electron chi connectivity index (χ2n) is 7.28. The highest BCUT2D eigenvalue weighted by Gasteiger charge is 2.50. The third-order valence-electron chi connectivity index (χ3n) is 5.54. The molecule has 28 heavy (non-hydrogen) atoms. The maximum Gasteiger partial charge on any atom is 0.243 e. The van der Waals surface area contributed by atoms with Gasteiger partial charge in [-0.15, -0.1) is 0 Å². The Morgan fingerprint density at radius 3 is 1.86 bits per heavy atom. The fourth-order valence-electron chi connectivity index (χ4n) is 4.33. The van der Waals surface area contributed by atoms with E-state index in [4.69, 9.17) is 0 Å². The largest absolute Gasteiger partial charge is 0.243 e. The van der Waals surface area contributed by atoms with Gasteiger partial charge >= 0.3 is 0 Å². The van der Waals surface area contributed by atoms with E-state index in [1.54, 1.807) is 18.2 Å². The summed E-state index contributed by atoms with van der Waals surface area (Å²) in [6.07, 6.45) is 1.40. The molecule has 0 aromatic heterocycles. The molecule has 2 aromatic carbocycles. The molecule has 2 atom stereocenters. The van der Waals surface area contributed by atoms with Gasteiger partial charge in [0.2, 0.25) is 10.0 Å². The molecule has 2 bridgehead atoms. The fourth-order valence-corrected chi connectivity index (χ4v) is 8.14. The van der Waals surface area contributed by atoms with Crippen LogP contribution in [0, 0.1) is 11.6 Å². The molecule has 0 amide bonds. The molecule has 4 rings (SSSR count). The van der Waals surface area contributed by atoms with Crippen molar-refractivity contribution in [2.75, 3.05) is 0 Å². The summed E-state index contributed by atoms with van der Waals surface area (Å²) in [6.45, 7) is 0. The Bertz CT molecular complexity index is 1070. The van der Waals surface area contributed by atoms with Crippen LogP contribution in [0.2, 0.25) is 0 Å². The predicted molar refractivity (Wildman–Crippen MR) is 98.8 cm³/mol. The Morgan fingerprint density at radius 2 is 1.32 bits per heavy atom. The standard InChI is InChI=1S/C19H19F2NO4S2/c20-13-8-14(21)10-19(9-13)28(25,26)22-15-6-7-16(22)12-18(11-15)27(23,24)17-4-2-1-3-5-17/h1-5,8-10,15-16,18H,6-7,11-12H2. The number of benzene rings is 2. The highest BCUT2D eigenvalue weighted by Crippen LogP contribution is 2.43. The zero-order valence-electron chi connectivity index (χ0n) is 14.8.